The number of hydrogen-bond donors (Lipinski definition) is 2. The standard InChI is InChI=1S/C22H22N4O4/c1-3-15-5-4-6-16(10-15)25-22-23-14(2)9-21(28)26(22)12-20(27)24-17-7-8-18-19(11-17)30-13-29-18/h4-11H,3,12-13H2,1-2H3,(H,23,25)(H,24,27). The van der Waals surface area contributed by atoms with Gasteiger partial charge in [-0.05, 0) is 43.2 Å². The number of carbonyl (C=O) groups is 1. The Labute approximate surface area is 173 Å². The summed E-state index contributed by atoms with van der Waals surface area (Å²) in [4.78, 5) is 29.6. The molecule has 2 aromatic carbocycles. The maximum atomic E-state index is 12.6. The number of hydrogen-bond acceptors (Lipinski definition) is 6. The number of carbonyl (C=O) groups excluding carboxylic acids is 1. The highest BCUT2D eigenvalue weighted by molar-refractivity contribution is 5.91. The number of amides is 1. The fraction of sp³-hybridized carbons (Fsp3) is 0.227. The Balaban J connectivity index is 1.55. The summed E-state index contributed by atoms with van der Waals surface area (Å²) in [5.74, 6) is 1.16. The second kappa shape index (κ2) is 8.28. The van der Waals surface area contributed by atoms with Gasteiger partial charge in [0.1, 0.15) is 6.54 Å². The molecule has 0 atom stereocenters. The zero-order chi connectivity index (χ0) is 21.1. The Morgan fingerprint density at radius 2 is 1.93 bits per heavy atom. The molecule has 3 aromatic rings. The number of rotatable bonds is 6. The molecule has 1 amide bonds. The minimum atomic E-state index is -0.355. The molecule has 0 fully saturated rings. The maximum Gasteiger partial charge on any atom is 0.255 e. The molecule has 1 aliphatic rings. The molecule has 0 unspecified atom stereocenters. The van der Waals surface area contributed by atoms with Crippen LogP contribution >= 0.6 is 0 Å². The molecule has 8 heteroatoms. The van der Waals surface area contributed by atoms with Crippen LogP contribution in [-0.2, 0) is 17.8 Å². The van der Waals surface area contributed by atoms with Gasteiger partial charge in [0.25, 0.3) is 5.56 Å². The lowest BCUT2D eigenvalue weighted by Gasteiger charge is -2.15. The smallest absolute Gasteiger partial charge is 0.255 e. The SMILES string of the molecule is CCc1cccc(Nc2nc(C)cc(=O)n2CC(=O)Nc2ccc3c(c2)OCO3)c1. The first-order valence-electron chi connectivity index (χ1n) is 9.66. The van der Waals surface area contributed by atoms with Crippen LogP contribution in [0, 0.1) is 6.92 Å². The minimum absolute atomic E-state index is 0.158. The van der Waals surface area contributed by atoms with E-state index in [4.69, 9.17) is 9.47 Å². The largest absolute Gasteiger partial charge is 0.454 e. The van der Waals surface area contributed by atoms with E-state index in [9.17, 15) is 9.59 Å². The molecule has 30 heavy (non-hydrogen) atoms. The van der Waals surface area contributed by atoms with Crippen molar-refractivity contribution in [2.75, 3.05) is 17.4 Å². The Hall–Kier alpha value is -3.81. The Kier molecular flexibility index (Phi) is 5.38. The van der Waals surface area contributed by atoms with Crippen LogP contribution in [0.2, 0.25) is 0 Å². The molecular weight excluding hydrogens is 384 g/mol. The number of aryl methyl sites for hydroxylation is 2. The van der Waals surface area contributed by atoms with Gasteiger partial charge in [0, 0.05) is 29.2 Å². The van der Waals surface area contributed by atoms with E-state index in [1.54, 1.807) is 25.1 Å². The summed E-state index contributed by atoms with van der Waals surface area (Å²) in [5, 5.41) is 5.95. The summed E-state index contributed by atoms with van der Waals surface area (Å²) in [6.45, 7) is 3.79. The number of nitrogens with zero attached hydrogens (tertiary/aromatic N) is 2. The number of ether oxygens (including phenoxy) is 2. The zero-order valence-corrected chi connectivity index (χ0v) is 16.8. The Bertz CT molecular complexity index is 1160. The third-order valence-electron chi connectivity index (χ3n) is 4.69. The summed E-state index contributed by atoms with van der Waals surface area (Å²) in [7, 11) is 0. The highest BCUT2D eigenvalue weighted by atomic mass is 16.7. The van der Waals surface area contributed by atoms with Gasteiger partial charge in [-0.1, -0.05) is 19.1 Å². The van der Waals surface area contributed by atoms with Crippen molar-refractivity contribution >= 4 is 23.2 Å². The molecule has 0 saturated heterocycles. The third kappa shape index (κ3) is 4.27. The lowest BCUT2D eigenvalue weighted by atomic mass is 10.1. The van der Waals surface area contributed by atoms with E-state index in [2.05, 4.69) is 22.5 Å². The van der Waals surface area contributed by atoms with E-state index >= 15 is 0 Å². The number of fused-ring (bicyclic) bond motifs is 1. The van der Waals surface area contributed by atoms with Crippen LogP contribution in [-0.4, -0.2) is 22.3 Å². The molecule has 0 radical (unpaired) electrons. The topological polar surface area (TPSA) is 94.5 Å². The Morgan fingerprint density at radius 1 is 1.10 bits per heavy atom. The van der Waals surface area contributed by atoms with Crippen molar-refractivity contribution in [2.45, 2.75) is 26.8 Å². The average Bonchev–Trinajstić information content (AvgIpc) is 3.18. The van der Waals surface area contributed by atoms with Crippen LogP contribution in [0.4, 0.5) is 17.3 Å². The van der Waals surface area contributed by atoms with Gasteiger partial charge >= 0.3 is 0 Å². The fourth-order valence-corrected chi connectivity index (χ4v) is 3.19. The van der Waals surface area contributed by atoms with Crippen LogP contribution in [0.5, 0.6) is 11.5 Å². The second-order valence-electron chi connectivity index (χ2n) is 6.94. The predicted octanol–water partition coefficient (Wildman–Crippen LogP) is 3.23. The van der Waals surface area contributed by atoms with Crippen LogP contribution in [0.1, 0.15) is 18.2 Å². The number of nitrogens with one attached hydrogen (secondary N) is 2. The third-order valence-corrected chi connectivity index (χ3v) is 4.69. The van der Waals surface area contributed by atoms with Crippen molar-refractivity contribution < 1.29 is 14.3 Å². The molecule has 2 N–H and O–H groups in total. The first-order valence-corrected chi connectivity index (χ1v) is 9.66. The molecule has 0 spiro atoms. The molecule has 0 aliphatic carbocycles. The molecule has 154 valence electrons. The van der Waals surface area contributed by atoms with Crippen LogP contribution in [0.15, 0.2) is 53.3 Å². The van der Waals surface area contributed by atoms with Gasteiger partial charge in [0.2, 0.25) is 18.6 Å². The summed E-state index contributed by atoms with van der Waals surface area (Å²) >= 11 is 0. The monoisotopic (exact) mass is 406 g/mol. The molecule has 8 nitrogen and oxygen atoms in total. The van der Waals surface area contributed by atoms with Gasteiger partial charge in [-0.15, -0.1) is 0 Å². The van der Waals surface area contributed by atoms with Gasteiger partial charge in [0.05, 0.1) is 0 Å². The summed E-state index contributed by atoms with van der Waals surface area (Å²) in [5.41, 5.74) is 2.78. The van der Waals surface area contributed by atoms with E-state index in [0.717, 1.165) is 17.7 Å². The quantitative estimate of drug-likeness (QED) is 0.653. The normalized spacial score (nSPS) is 11.9. The van der Waals surface area contributed by atoms with Crippen LogP contribution in [0.3, 0.4) is 0 Å². The van der Waals surface area contributed by atoms with Crippen LogP contribution < -0.4 is 25.7 Å². The van der Waals surface area contributed by atoms with E-state index in [-0.39, 0.29) is 24.8 Å². The number of benzene rings is 2. The number of aromatic nitrogens is 2. The minimum Gasteiger partial charge on any atom is -0.454 e. The van der Waals surface area contributed by atoms with Crippen molar-refractivity contribution in [3.63, 3.8) is 0 Å². The predicted molar refractivity (Wildman–Crippen MR) is 114 cm³/mol. The Morgan fingerprint density at radius 3 is 2.77 bits per heavy atom. The molecule has 1 aromatic heterocycles. The molecule has 2 heterocycles. The van der Waals surface area contributed by atoms with E-state index < -0.39 is 0 Å². The fourth-order valence-electron chi connectivity index (χ4n) is 3.19. The summed E-state index contributed by atoms with van der Waals surface area (Å²) in [6, 6.07) is 14.4. The molecule has 4 rings (SSSR count). The van der Waals surface area contributed by atoms with Gasteiger partial charge in [0.15, 0.2) is 11.5 Å². The number of anilines is 3. The van der Waals surface area contributed by atoms with Crippen molar-refractivity contribution in [3.8, 4) is 11.5 Å². The van der Waals surface area contributed by atoms with Crippen molar-refractivity contribution in [2.24, 2.45) is 0 Å². The maximum absolute atomic E-state index is 12.6. The zero-order valence-electron chi connectivity index (χ0n) is 16.8. The van der Waals surface area contributed by atoms with Crippen molar-refractivity contribution in [1.82, 2.24) is 9.55 Å². The first kappa shape index (κ1) is 19.5. The summed E-state index contributed by atoms with van der Waals surface area (Å²) < 4.78 is 11.9. The molecular formula is C22H22N4O4. The van der Waals surface area contributed by atoms with Gasteiger partial charge in [-0.2, -0.15) is 0 Å². The lowest BCUT2D eigenvalue weighted by molar-refractivity contribution is -0.116. The van der Waals surface area contributed by atoms with Crippen LogP contribution in [0.25, 0.3) is 0 Å². The van der Waals surface area contributed by atoms with Gasteiger partial charge in [-0.3, -0.25) is 14.2 Å². The van der Waals surface area contributed by atoms with Crippen molar-refractivity contribution in [1.29, 1.82) is 0 Å². The van der Waals surface area contributed by atoms with Crippen molar-refractivity contribution in [3.05, 3.63) is 70.1 Å². The average molecular weight is 406 g/mol. The highest BCUT2D eigenvalue weighted by Gasteiger charge is 2.16. The lowest BCUT2D eigenvalue weighted by Crippen LogP contribution is -2.30. The first-order chi connectivity index (χ1) is 14.5. The molecule has 1 aliphatic heterocycles. The second-order valence-corrected chi connectivity index (χ2v) is 6.94. The summed E-state index contributed by atoms with van der Waals surface area (Å²) in [6.07, 6.45) is 0.890. The molecule has 0 saturated carbocycles. The van der Waals surface area contributed by atoms with E-state index in [1.165, 1.54) is 10.6 Å². The molecule has 0 bridgehead atoms. The van der Waals surface area contributed by atoms with Gasteiger partial charge < -0.3 is 20.1 Å². The van der Waals surface area contributed by atoms with Gasteiger partial charge in [-0.25, -0.2) is 4.98 Å². The van der Waals surface area contributed by atoms with E-state index in [1.807, 2.05) is 24.3 Å². The highest BCUT2D eigenvalue weighted by Crippen LogP contribution is 2.34. The van der Waals surface area contributed by atoms with E-state index in [0.29, 0.717) is 28.8 Å².